The molecule has 0 spiro atoms. The Hall–Kier alpha value is -4.31. The molecule has 51 heavy (non-hydrogen) atoms. The number of H-pyrrole nitrogens is 1. The number of rotatable bonds is 15. The van der Waals surface area contributed by atoms with Gasteiger partial charge in [0.15, 0.2) is 0 Å². The van der Waals surface area contributed by atoms with Crippen molar-refractivity contribution in [1.82, 2.24) is 24.4 Å². The number of fused-ring (bicyclic) bond motifs is 1. The summed E-state index contributed by atoms with van der Waals surface area (Å²) in [5, 5.41) is 12.1. The monoisotopic (exact) mass is 714 g/mol. The minimum absolute atomic E-state index is 0.0460. The van der Waals surface area contributed by atoms with Crippen molar-refractivity contribution in [2.75, 3.05) is 20.4 Å². The van der Waals surface area contributed by atoms with E-state index in [1.165, 1.54) is 26.9 Å². The summed E-state index contributed by atoms with van der Waals surface area (Å²) in [4.78, 5) is 63.4. The number of aromatic amines is 1. The maximum absolute atomic E-state index is 12.8. The maximum atomic E-state index is 12.8. The van der Waals surface area contributed by atoms with Crippen molar-refractivity contribution in [2.45, 2.75) is 69.2 Å². The van der Waals surface area contributed by atoms with Crippen LogP contribution in [0.25, 0.3) is 11.2 Å². The molecule has 5 aromatic rings. The van der Waals surface area contributed by atoms with E-state index >= 15 is 0 Å². The Kier molecular flexibility index (Phi) is 10.7. The van der Waals surface area contributed by atoms with Crippen LogP contribution in [0.2, 0.25) is 0 Å². The second-order valence-corrected chi connectivity index (χ2v) is 16.7. The average molecular weight is 715 g/mol. The van der Waals surface area contributed by atoms with Crippen LogP contribution in [0, 0.1) is 11.3 Å². The summed E-state index contributed by atoms with van der Waals surface area (Å²) in [6, 6.07) is 29.8. The van der Waals surface area contributed by atoms with Gasteiger partial charge in [0.05, 0.1) is 0 Å². The molecule has 1 atom stereocenters. The molecular formula is C38H47N6O6P. The number of imidazole rings is 1. The summed E-state index contributed by atoms with van der Waals surface area (Å²) >= 11 is 0. The normalized spacial score (nSPS) is 14.8. The molecule has 0 aliphatic rings. The number of hydrogen-bond donors (Lipinski definition) is 4. The van der Waals surface area contributed by atoms with Crippen LogP contribution in [0.5, 0.6) is 0 Å². The number of benzene rings is 3. The number of nitriles is 1. The van der Waals surface area contributed by atoms with Gasteiger partial charge in [0.2, 0.25) is 0 Å². The Bertz CT molecular complexity index is 1910. The SMILES string of the molecule is COC(OC)(C(C#N)(N(C(C)C)C(C)C)C(c1ccccc1)(c1ccccc1)c1ccccc1)P(O)(O)(O)CCCn1cnc2c(=O)[nH]cnc21. The Morgan fingerprint density at radius 2 is 1.31 bits per heavy atom. The number of aryl methyl sites for hydroxylation is 1. The molecular weight excluding hydrogens is 667 g/mol. The zero-order valence-corrected chi connectivity index (χ0v) is 30.7. The summed E-state index contributed by atoms with van der Waals surface area (Å²) < 4.78 is 14.2. The van der Waals surface area contributed by atoms with Crippen LogP contribution in [0.15, 0.2) is 108 Å². The van der Waals surface area contributed by atoms with Crippen molar-refractivity contribution in [3.8, 4) is 6.07 Å². The molecule has 2 heterocycles. The third-order valence-corrected chi connectivity index (χ3v) is 12.8. The molecule has 0 aliphatic heterocycles. The van der Waals surface area contributed by atoms with Gasteiger partial charge in [0, 0.05) is 0 Å². The zero-order valence-electron chi connectivity index (χ0n) is 29.8. The van der Waals surface area contributed by atoms with Gasteiger partial charge in [0.1, 0.15) is 0 Å². The molecule has 0 radical (unpaired) electrons. The minimum atomic E-state index is -6.37. The summed E-state index contributed by atoms with van der Waals surface area (Å²) in [6.07, 6.45) is 2.00. The average Bonchev–Trinajstić information content (AvgIpc) is 3.53. The van der Waals surface area contributed by atoms with Crippen molar-refractivity contribution in [1.29, 1.82) is 5.26 Å². The number of hydrogen-bond acceptors (Lipinski definition) is 10. The molecule has 0 saturated carbocycles. The molecule has 5 rings (SSSR count). The van der Waals surface area contributed by atoms with E-state index in [0.29, 0.717) is 22.3 Å². The van der Waals surface area contributed by atoms with Gasteiger partial charge in [-0.2, -0.15) is 0 Å². The van der Waals surface area contributed by atoms with Crippen molar-refractivity contribution in [2.24, 2.45) is 0 Å². The van der Waals surface area contributed by atoms with E-state index in [2.05, 4.69) is 21.0 Å². The van der Waals surface area contributed by atoms with Crippen LogP contribution in [0.3, 0.4) is 0 Å². The molecule has 0 saturated heterocycles. The van der Waals surface area contributed by atoms with Crippen molar-refractivity contribution < 1.29 is 24.2 Å². The summed E-state index contributed by atoms with van der Waals surface area (Å²) in [5.74, 6) is 0. The van der Waals surface area contributed by atoms with Gasteiger partial charge in [-0.25, -0.2) is 0 Å². The Balaban J connectivity index is 1.89. The topological polar surface area (TPSA) is 170 Å². The van der Waals surface area contributed by atoms with Gasteiger partial charge in [0.25, 0.3) is 0 Å². The van der Waals surface area contributed by atoms with Crippen LogP contribution < -0.4 is 5.56 Å². The Morgan fingerprint density at radius 3 is 1.73 bits per heavy atom. The van der Waals surface area contributed by atoms with Crippen LogP contribution in [-0.2, 0) is 21.4 Å². The predicted molar refractivity (Wildman–Crippen MR) is 198 cm³/mol. The molecule has 270 valence electrons. The van der Waals surface area contributed by atoms with Gasteiger partial charge in [-0.15, -0.1) is 0 Å². The first-order valence-corrected chi connectivity index (χ1v) is 19.2. The fraction of sp³-hybridized carbons (Fsp3) is 0.368. The first-order valence-electron chi connectivity index (χ1n) is 16.9. The third kappa shape index (κ3) is 5.89. The zero-order chi connectivity index (χ0) is 37.1. The summed E-state index contributed by atoms with van der Waals surface area (Å²) in [5.41, 5.74) is -4.76. The van der Waals surface area contributed by atoms with Crippen molar-refractivity contribution >= 4 is 18.4 Å². The van der Waals surface area contributed by atoms with E-state index in [9.17, 15) is 24.7 Å². The van der Waals surface area contributed by atoms with Crippen LogP contribution in [0.4, 0.5) is 0 Å². The first-order chi connectivity index (χ1) is 24.3. The standard InChI is InChI=1S/C38H47N6O6P/c1-28(2)44(29(3)4)36(25-39,37(30-17-10-7-11-18-30,31-19-12-8-13-20-31)32-21-14-9-15-22-32)38(49-5,50-6)51(46,47,48)24-16-23-43-27-42-33-34(43)40-26-41-35(33)45/h7-15,17-22,26-29,46-48H,16,23-24H2,1-6H3,(H,40,41,45). The van der Waals surface area contributed by atoms with Gasteiger partial charge < -0.3 is 0 Å². The molecule has 2 aromatic heterocycles. The van der Waals surface area contributed by atoms with E-state index in [-0.39, 0.29) is 18.5 Å². The molecule has 3 aromatic carbocycles. The van der Waals surface area contributed by atoms with E-state index in [1.54, 1.807) is 4.57 Å². The fourth-order valence-electron chi connectivity index (χ4n) is 8.19. The molecule has 4 N–H and O–H groups in total. The van der Waals surface area contributed by atoms with E-state index in [4.69, 9.17) is 9.47 Å². The molecule has 0 fully saturated rings. The van der Waals surface area contributed by atoms with Crippen molar-refractivity contribution in [3.63, 3.8) is 0 Å². The summed E-state index contributed by atoms with van der Waals surface area (Å²) in [6.45, 7) is 7.73. The second kappa shape index (κ2) is 14.4. The number of methoxy groups -OCH3 is 2. The first kappa shape index (κ1) is 37.9. The molecule has 0 aliphatic carbocycles. The van der Waals surface area contributed by atoms with Crippen LogP contribution in [0.1, 0.15) is 50.8 Å². The number of ether oxygens (including phenoxy) is 2. The molecule has 12 nitrogen and oxygen atoms in total. The molecule has 13 heteroatoms. The van der Waals surface area contributed by atoms with E-state index in [0.717, 1.165) is 0 Å². The molecule has 0 bridgehead atoms. The van der Waals surface area contributed by atoms with Gasteiger partial charge >= 0.3 is 299 Å². The Morgan fingerprint density at radius 1 is 0.843 bits per heavy atom. The number of nitrogens with zero attached hydrogens (tertiary/aromatic N) is 5. The fourth-order valence-corrected chi connectivity index (χ4v) is 10.9. The van der Waals surface area contributed by atoms with Crippen LogP contribution in [-0.4, -0.2) is 82.6 Å². The number of nitrogens with one attached hydrogen (secondary N) is 1. The quantitative estimate of drug-likeness (QED) is 0.0647. The molecule has 1 unspecified atom stereocenters. The van der Waals surface area contributed by atoms with E-state index < -0.39 is 47.6 Å². The van der Waals surface area contributed by atoms with Gasteiger partial charge in [-0.1, -0.05) is 0 Å². The second-order valence-electron chi connectivity index (χ2n) is 13.3. The van der Waals surface area contributed by atoms with Gasteiger partial charge in [-0.05, 0) is 0 Å². The van der Waals surface area contributed by atoms with Crippen LogP contribution >= 0.6 is 7.28 Å². The van der Waals surface area contributed by atoms with E-state index in [1.807, 2.05) is 124 Å². The predicted octanol–water partition coefficient (Wildman–Crippen LogP) is 5.15. The molecule has 0 amide bonds. The van der Waals surface area contributed by atoms with Gasteiger partial charge in [-0.3, -0.25) is 0 Å². The Labute approximate surface area is 298 Å². The summed E-state index contributed by atoms with van der Waals surface area (Å²) in [7, 11) is -3.92. The number of aromatic nitrogens is 4. The van der Waals surface area contributed by atoms with Crippen molar-refractivity contribution in [3.05, 3.63) is 131 Å². The third-order valence-electron chi connectivity index (χ3n) is 9.82.